The molecule has 0 aromatic carbocycles. The molecule has 28 heteroatoms. The predicted molar refractivity (Wildman–Crippen MR) is 299 cm³/mol. The molecule has 18 N–H and O–H groups in total. The molecule has 35 unspecified atom stereocenters. The van der Waals surface area contributed by atoms with Crippen LogP contribution in [0.5, 0.6) is 0 Å². The van der Waals surface area contributed by atoms with E-state index >= 15 is 0 Å². The largest absolute Gasteiger partial charge is 0.394 e. The van der Waals surface area contributed by atoms with Gasteiger partial charge in [-0.25, -0.2) is 0 Å². The van der Waals surface area contributed by atoms with Gasteiger partial charge < -0.3 is 139 Å². The fourth-order valence-electron chi connectivity index (χ4n) is 17.6. The minimum Gasteiger partial charge on any atom is -0.394 e. The number of aliphatic hydroxyl groups is 18. The van der Waals surface area contributed by atoms with E-state index in [-0.39, 0.29) is 41.1 Å². The Hall–Kier alpha value is -1.38. The van der Waals surface area contributed by atoms with Crippen LogP contribution in [-0.2, 0) is 47.4 Å². The van der Waals surface area contributed by atoms with Gasteiger partial charge in [0.15, 0.2) is 31.5 Å². The lowest BCUT2D eigenvalue weighted by atomic mass is 9.35. The van der Waals surface area contributed by atoms with Crippen LogP contribution >= 0.6 is 0 Å². The molecule has 0 radical (unpaired) electrons. The summed E-state index contributed by atoms with van der Waals surface area (Å²) in [6, 6.07) is 0. The van der Waals surface area contributed by atoms with E-state index in [1.54, 1.807) is 6.92 Å². The van der Waals surface area contributed by atoms with Crippen LogP contribution in [-0.4, -0.2) is 296 Å². The lowest BCUT2D eigenvalue weighted by Gasteiger charge is -2.71. The summed E-state index contributed by atoms with van der Waals surface area (Å²) in [4.78, 5) is 0. The fraction of sp³-hybridized carbons (Fsp3) is 0.967. The standard InChI is InChI=1S/C60H102O28/c1-24(19-61)10-9-14-60(8,88-54-49(78)44(73)40(69)31(85-54)22-79-51-46(75)41(70)37(66)28(20-62)82-51)26-11-16-59(7)35(26)27(64)18-33-57(5)15-13-34(56(3,4)32(57)12-17-58(33,59)6)86-52-47(76)43(72)39(68)30(84-52)23-80-55-50(45(74)36(65)25(2)81-55)87-53-48(77)42(71)38(67)29(21-63)83-53/h10,25-55,61-78H,9,11-23H2,1-8H3. The number of fused-ring (bicyclic) bond motifs is 5. The van der Waals surface area contributed by atoms with Crippen molar-refractivity contribution in [1.82, 2.24) is 0 Å². The summed E-state index contributed by atoms with van der Waals surface area (Å²) >= 11 is 0. The van der Waals surface area contributed by atoms with Gasteiger partial charge in [0, 0.05) is 0 Å². The second-order valence-electron chi connectivity index (χ2n) is 28.5. The van der Waals surface area contributed by atoms with Gasteiger partial charge in [0.1, 0.15) is 116 Å². The van der Waals surface area contributed by atoms with E-state index in [1.807, 2.05) is 13.0 Å². The van der Waals surface area contributed by atoms with Gasteiger partial charge in [-0.15, -0.1) is 0 Å². The molecule has 5 aliphatic heterocycles. The van der Waals surface area contributed by atoms with Crippen LogP contribution in [0.3, 0.4) is 0 Å². The van der Waals surface area contributed by atoms with Gasteiger partial charge in [-0.2, -0.15) is 0 Å². The number of aliphatic hydroxyl groups excluding tert-OH is 18. The minimum absolute atomic E-state index is 0.00380. The monoisotopic (exact) mass is 1270 g/mol. The third-order valence-electron chi connectivity index (χ3n) is 23.1. The maximum Gasteiger partial charge on any atom is 0.187 e. The van der Waals surface area contributed by atoms with Gasteiger partial charge >= 0.3 is 0 Å². The minimum atomic E-state index is -1.88. The third kappa shape index (κ3) is 12.7. The van der Waals surface area contributed by atoms with Crippen molar-refractivity contribution < 1.29 is 139 Å². The summed E-state index contributed by atoms with van der Waals surface area (Å²) in [5.41, 5.74) is -2.23. The number of hydrogen-bond acceptors (Lipinski definition) is 28. The average molecular weight is 1270 g/mol. The Morgan fingerprint density at radius 1 is 0.511 bits per heavy atom. The van der Waals surface area contributed by atoms with Crippen molar-refractivity contribution in [2.75, 3.05) is 33.0 Å². The summed E-state index contributed by atoms with van der Waals surface area (Å²) in [7, 11) is 0. The van der Waals surface area contributed by atoms with Crippen molar-refractivity contribution in [3.8, 4) is 0 Å². The van der Waals surface area contributed by atoms with E-state index in [2.05, 4.69) is 34.6 Å². The molecule has 0 aromatic heterocycles. The zero-order valence-electron chi connectivity index (χ0n) is 51.5. The summed E-state index contributed by atoms with van der Waals surface area (Å²) in [6.45, 7) is 13.5. The summed E-state index contributed by atoms with van der Waals surface area (Å²) in [6.07, 6.45) is -34.7. The Morgan fingerprint density at radius 2 is 1.00 bits per heavy atom. The first-order chi connectivity index (χ1) is 41.2. The highest BCUT2D eigenvalue weighted by molar-refractivity contribution is 5.21. The van der Waals surface area contributed by atoms with Gasteiger partial charge in [-0.3, -0.25) is 0 Å². The Labute approximate surface area is 512 Å². The Morgan fingerprint density at radius 3 is 1.57 bits per heavy atom. The lowest BCUT2D eigenvalue weighted by Crippen LogP contribution is -2.67. The molecule has 9 fully saturated rings. The molecule has 510 valence electrons. The van der Waals surface area contributed by atoms with Crippen LogP contribution < -0.4 is 0 Å². The molecule has 9 rings (SSSR count). The highest BCUT2D eigenvalue weighted by atomic mass is 16.8. The molecular weight excluding hydrogens is 1170 g/mol. The van der Waals surface area contributed by atoms with Crippen LogP contribution in [0.15, 0.2) is 11.6 Å². The molecule has 9 aliphatic rings. The number of ether oxygens (including phenoxy) is 10. The average Bonchev–Trinajstić information content (AvgIpc) is 1.16. The highest BCUT2D eigenvalue weighted by Gasteiger charge is 2.72. The Balaban J connectivity index is 0.889. The van der Waals surface area contributed by atoms with Gasteiger partial charge in [-0.1, -0.05) is 46.3 Å². The van der Waals surface area contributed by atoms with Crippen molar-refractivity contribution >= 4 is 0 Å². The van der Waals surface area contributed by atoms with Gasteiger partial charge in [0.05, 0.1) is 56.9 Å². The topological polar surface area (TPSA) is 456 Å². The molecule has 35 atom stereocenters. The zero-order chi connectivity index (χ0) is 64.7. The zero-order valence-corrected chi connectivity index (χ0v) is 51.5. The molecule has 0 spiro atoms. The Kier molecular flexibility index (Phi) is 22.1. The van der Waals surface area contributed by atoms with Crippen molar-refractivity contribution in [1.29, 1.82) is 0 Å². The fourth-order valence-corrected chi connectivity index (χ4v) is 17.6. The first-order valence-corrected chi connectivity index (χ1v) is 31.4. The first-order valence-electron chi connectivity index (χ1n) is 31.4. The van der Waals surface area contributed by atoms with Crippen LogP contribution in [0.2, 0.25) is 0 Å². The van der Waals surface area contributed by atoms with Crippen LogP contribution in [0, 0.1) is 45.3 Å². The molecule has 4 saturated carbocycles. The molecule has 0 bridgehead atoms. The quantitative estimate of drug-likeness (QED) is 0.0429. The van der Waals surface area contributed by atoms with Gasteiger partial charge in [0.2, 0.25) is 0 Å². The van der Waals surface area contributed by atoms with Gasteiger partial charge in [-0.05, 0) is 124 Å². The van der Waals surface area contributed by atoms with E-state index < -0.39 is 209 Å². The number of allylic oxidation sites excluding steroid dienone is 1. The summed E-state index contributed by atoms with van der Waals surface area (Å²) in [5, 5.41) is 195. The molecule has 5 heterocycles. The van der Waals surface area contributed by atoms with E-state index in [1.165, 1.54) is 6.92 Å². The number of rotatable bonds is 19. The van der Waals surface area contributed by atoms with E-state index in [4.69, 9.17) is 47.4 Å². The molecule has 0 aromatic rings. The predicted octanol–water partition coefficient (Wildman–Crippen LogP) is -4.38. The SMILES string of the molecule is CC(=CCCC(C)(OC1OC(COC2OC(CO)C(O)C(O)C2O)C(O)C(O)C1O)C1CCC2(C)C1C(O)CC1C3(C)CCC(OC4OC(COC5OC(C)C(O)C(O)C5OC5OC(CO)C(O)C(O)C5O)C(O)C(O)C4O)C(C)(C)C3CCC12C)CO. The lowest BCUT2D eigenvalue weighted by molar-refractivity contribution is -0.372. The van der Waals surface area contributed by atoms with E-state index in [9.17, 15) is 91.9 Å². The molecule has 88 heavy (non-hydrogen) atoms. The molecule has 28 nitrogen and oxygen atoms in total. The van der Waals surface area contributed by atoms with Crippen molar-refractivity contribution in [3.05, 3.63) is 11.6 Å². The summed E-state index contributed by atoms with van der Waals surface area (Å²) < 4.78 is 60.5. The molecule has 4 aliphatic carbocycles. The second-order valence-corrected chi connectivity index (χ2v) is 28.5. The van der Waals surface area contributed by atoms with Crippen molar-refractivity contribution in [3.63, 3.8) is 0 Å². The third-order valence-corrected chi connectivity index (χ3v) is 23.1. The Bertz CT molecular complexity index is 2320. The normalized spacial score (nSPS) is 53.2. The van der Waals surface area contributed by atoms with Crippen LogP contribution in [0.1, 0.15) is 113 Å². The van der Waals surface area contributed by atoms with E-state index in [0.29, 0.717) is 44.9 Å². The maximum absolute atomic E-state index is 12.9. The maximum atomic E-state index is 12.9. The number of hydrogen-bond donors (Lipinski definition) is 18. The highest BCUT2D eigenvalue weighted by Crippen LogP contribution is 2.76. The molecule has 5 saturated heterocycles. The van der Waals surface area contributed by atoms with Crippen molar-refractivity contribution in [2.24, 2.45) is 45.3 Å². The molecule has 0 amide bonds. The first kappa shape index (κ1) is 70.9. The van der Waals surface area contributed by atoms with E-state index in [0.717, 1.165) is 18.4 Å². The smallest absolute Gasteiger partial charge is 0.187 e. The second kappa shape index (κ2) is 27.4. The van der Waals surface area contributed by atoms with Crippen LogP contribution in [0.4, 0.5) is 0 Å². The molecular formula is C60H102O28. The summed E-state index contributed by atoms with van der Waals surface area (Å²) in [5.74, 6) is -0.694. The van der Waals surface area contributed by atoms with Crippen molar-refractivity contribution in [2.45, 2.75) is 285 Å². The van der Waals surface area contributed by atoms with Gasteiger partial charge in [0.25, 0.3) is 0 Å². The van der Waals surface area contributed by atoms with Crippen LogP contribution in [0.25, 0.3) is 0 Å².